The largest absolute Gasteiger partial charge is 0.321 e. The highest BCUT2D eigenvalue weighted by Gasteiger charge is 2.09. The minimum Gasteiger partial charge on any atom is -0.321 e. The van der Waals surface area contributed by atoms with Crippen LogP contribution in [0.4, 0.5) is 5.69 Å². The van der Waals surface area contributed by atoms with Gasteiger partial charge in [-0.2, -0.15) is 5.26 Å². The van der Waals surface area contributed by atoms with E-state index >= 15 is 0 Å². The Morgan fingerprint density at radius 2 is 1.89 bits per heavy atom. The lowest BCUT2D eigenvalue weighted by molar-refractivity contribution is 0.102. The smallest absolute Gasteiger partial charge is 0.255 e. The Morgan fingerprint density at radius 1 is 1.21 bits per heavy atom. The molecule has 0 radical (unpaired) electrons. The van der Waals surface area contributed by atoms with Gasteiger partial charge in [-0.05, 0) is 42.5 Å². The first-order valence-corrected chi connectivity index (χ1v) is 6.54. The van der Waals surface area contributed by atoms with Crippen LogP contribution in [-0.2, 0) is 0 Å². The van der Waals surface area contributed by atoms with Gasteiger partial charge in [-0.25, -0.2) is 0 Å². The zero-order valence-electron chi connectivity index (χ0n) is 9.65. The molecule has 0 heterocycles. The summed E-state index contributed by atoms with van der Waals surface area (Å²) >= 11 is 9.04. The molecule has 19 heavy (non-hydrogen) atoms. The fraction of sp³-hybridized carbons (Fsp3) is 0. The minimum absolute atomic E-state index is 0.282. The number of benzene rings is 2. The van der Waals surface area contributed by atoms with Crippen LogP contribution in [0.3, 0.4) is 0 Å². The van der Waals surface area contributed by atoms with Crippen molar-refractivity contribution in [2.24, 2.45) is 0 Å². The highest BCUT2D eigenvalue weighted by Crippen LogP contribution is 2.21. The Labute approximate surface area is 123 Å². The second-order valence-corrected chi connectivity index (χ2v) is 5.11. The van der Waals surface area contributed by atoms with E-state index in [0.717, 1.165) is 4.47 Å². The fourth-order valence-corrected chi connectivity index (χ4v) is 2.00. The second kappa shape index (κ2) is 5.87. The van der Waals surface area contributed by atoms with Crippen molar-refractivity contribution in [2.75, 3.05) is 5.32 Å². The molecule has 2 rings (SSSR count). The van der Waals surface area contributed by atoms with E-state index in [9.17, 15) is 4.79 Å². The summed E-state index contributed by atoms with van der Waals surface area (Å²) in [5, 5.41) is 12.3. The van der Waals surface area contributed by atoms with E-state index in [1.807, 2.05) is 6.07 Å². The van der Waals surface area contributed by atoms with Crippen molar-refractivity contribution >= 4 is 39.1 Å². The number of nitriles is 1. The molecule has 1 N–H and O–H groups in total. The Bertz CT molecular complexity index is 662. The molecular formula is C14H8BrClN2O. The van der Waals surface area contributed by atoms with Crippen LogP contribution in [0.2, 0.25) is 5.02 Å². The Balaban J connectivity index is 2.24. The van der Waals surface area contributed by atoms with Crippen LogP contribution in [-0.4, -0.2) is 5.91 Å². The average molecular weight is 336 g/mol. The van der Waals surface area contributed by atoms with E-state index in [0.29, 0.717) is 21.8 Å². The molecule has 0 atom stereocenters. The molecule has 0 spiro atoms. The number of hydrogen-bond donors (Lipinski definition) is 1. The lowest BCUT2D eigenvalue weighted by Gasteiger charge is -2.07. The summed E-state index contributed by atoms with van der Waals surface area (Å²) in [6.45, 7) is 0. The molecule has 0 unspecified atom stereocenters. The number of carbonyl (C=O) groups excluding carboxylic acids is 1. The van der Waals surface area contributed by atoms with Gasteiger partial charge in [0.1, 0.15) is 6.07 Å². The van der Waals surface area contributed by atoms with Crippen molar-refractivity contribution in [1.82, 2.24) is 0 Å². The second-order valence-electron chi connectivity index (χ2n) is 3.76. The van der Waals surface area contributed by atoms with Gasteiger partial charge in [-0.1, -0.05) is 27.5 Å². The van der Waals surface area contributed by atoms with Crippen LogP contribution in [0.1, 0.15) is 15.9 Å². The van der Waals surface area contributed by atoms with Gasteiger partial charge in [0.2, 0.25) is 0 Å². The number of rotatable bonds is 2. The Morgan fingerprint density at radius 3 is 2.53 bits per heavy atom. The van der Waals surface area contributed by atoms with Crippen molar-refractivity contribution in [1.29, 1.82) is 5.26 Å². The first kappa shape index (κ1) is 13.6. The van der Waals surface area contributed by atoms with E-state index < -0.39 is 0 Å². The van der Waals surface area contributed by atoms with Crippen LogP contribution in [0.15, 0.2) is 46.9 Å². The molecule has 1 amide bonds. The predicted octanol–water partition coefficient (Wildman–Crippen LogP) is 4.23. The minimum atomic E-state index is -0.282. The van der Waals surface area contributed by atoms with Crippen LogP contribution >= 0.6 is 27.5 Å². The normalized spacial score (nSPS) is 9.74. The average Bonchev–Trinajstić information content (AvgIpc) is 2.41. The van der Waals surface area contributed by atoms with Crippen molar-refractivity contribution in [3.63, 3.8) is 0 Å². The molecule has 2 aromatic rings. The lowest BCUT2D eigenvalue weighted by atomic mass is 10.1. The molecule has 0 aromatic heterocycles. The monoisotopic (exact) mass is 334 g/mol. The van der Waals surface area contributed by atoms with Crippen LogP contribution in [0.5, 0.6) is 0 Å². The van der Waals surface area contributed by atoms with E-state index in [2.05, 4.69) is 21.2 Å². The zero-order valence-corrected chi connectivity index (χ0v) is 12.0. The standard InChI is InChI=1S/C14H8BrClN2O/c15-11-3-6-13(10(7-11)8-17)18-14(19)9-1-4-12(16)5-2-9/h1-7H,(H,18,19). The van der Waals surface area contributed by atoms with Gasteiger partial charge < -0.3 is 5.32 Å². The molecule has 0 aliphatic heterocycles. The van der Waals surface area contributed by atoms with Gasteiger partial charge in [0.05, 0.1) is 11.3 Å². The summed E-state index contributed by atoms with van der Waals surface area (Å²) in [6, 6.07) is 13.7. The number of anilines is 1. The predicted molar refractivity (Wildman–Crippen MR) is 78.3 cm³/mol. The molecule has 0 bridgehead atoms. The van der Waals surface area contributed by atoms with Gasteiger partial charge in [0, 0.05) is 15.1 Å². The number of carbonyl (C=O) groups is 1. The molecule has 2 aromatic carbocycles. The van der Waals surface area contributed by atoms with E-state index in [4.69, 9.17) is 16.9 Å². The maximum absolute atomic E-state index is 12.0. The van der Waals surface area contributed by atoms with Crippen LogP contribution < -0.4 is 5.32 Å². The molecular weight excluding hydrogens is 328 g/mol. The van der Waals surface area contributed by atoms with Crippen molar-refractivity contribution in [2.45, 2.75) is 0 Å². The quantitative estimate of drug-likeness (QED) is 0.893. The third-order valence-corrected chi connectivity index (χ3v) is 3.20. The molecule has 5 heteroatoms. The summed E-state index contributed by atoms with van der Waals surface area (Å²) < 4.78 is 0.786. The number of halogens is 2. The summed E-state index contributed by atoms with van der Waals surface area (Å²) in [5.74, 6) is -0.282. The van der Waals surface area contributed by atoms with Crippen LogP contribution in [0.25, 0.3) is 0 Å². The molecule has 0 saturated heterocycles. The van der Waals surface area contributed by atoms with Gasteiger partial charge in [0.15, 0.2) is 0 Å². The van der Waals surface area contributed by atoms with Crippen molar-refractivity contribution in [3.8, 4) is 6.07 Å². The summed E-state index contributed by atoms with van der Waals surface area (Å²) in [4.78, 5) is 12.0. The van der Waals surface area contributed by atoms with Crippen LogP contribution in [0, 0.1) is 11.3 Å². The SMILES string of the molecule is N#Cc1cc(Br)ccc1NC(=O)c1ccc(Cl)cc1. The third-order valence-electron chi connectivity index (χ3n) is 2.46. The van der Waals surface area contributed by atoms with E-state index in [1.54, 1.807) is 42.5 Å². The van der Waals surface area contributed by atoms with Crippen molar-refractivity contribution < 1.29 is 4.79 Å². The number of nitrogens with zero attached hydrogens (tertiary/aromatic N) is 1. The van der Waals surface area contributed by atoms with Gasteiger partial charge >= 0.3 is 0 Å². The maximum Gasteiger partial charge on any atom is 0.255 e. The third kappa shape index (κ3) is 3.34. The highest BCUT2D eigenvalue weighted by atomic mass is 79.9. The van der Waals surface area contributed by atoms with E-state index in [-0.39, 0.29) is 5.91 Å². The first-order valence-electron chi connectivity index (χ1n) is 5.37. The number of hydrogen-bond acceptors (Lipinski definition) is 2. The number of nitrogens with one attached hydrogen (secondary N) is 1. The molecule has 0 aliphatic rings. The van der Waals surface area contributed by atoms with Crippen molar-refractivity contribution in [3.05, 3.63) is 63.1 Å². The maximum atomic E-state index is 12.0. The van der Waals surface area contributed by atoms with Gasteiger partial charge in [-0.3, -0.25) is 4.79 Å². The van der Waals surface area contributed by atoms with Gasteiger partial charge in [-0.15, -0.1) is 0 Å². The molecule has 94 valence electrons. The first-order chi connectivity index (χ1) is 9.10. The molecule has 0 aliphatic carbocycles. The topological polar surface area (TPSA) is 52.9 Å². The van der Waals surface area contributed by atoms with E-state index in [1.165, 1.54) is 0 Å². The summed E-state index contributed by atoms with van der Waals surface area (Å²) in [5.41, 5.74) is 1.36. The Hall–Kier alpha value is -1.83. The lowest BCUT2D eigenvalue weighted by Crippen LogP contribution is -2.12. The number of amides is 1. The fourth-order valence-electron chi connectivity index (χ4n) is 1.51. The molecule has 3 nitrogen and oxygen atoms in total. The summed E-state index contributed by atoms with van der Waals surface area (Å²) in [7, 11) is 0. The molecule has 0 saturated carbocycles. The van der Waals surface area contributed by atoms with Gasteiger partial charge in [0.25, 0.3) is 5.91 Å². The molecule has 0 fully saturated rings. The Kier molecular flexibility index (Phi) is 4.20. The highest BCUT2D eigenvalue weighted by molar-refractivity contribution is 9.10. The zero-order chi connectivity index (χ0) is 13.8. The summed E-state index contributed by atoms with van der Waals surface area (Å²) in [6.07, 6.45) is 0.